The summed E-state index contributed by atoms with van der Waals surface area (Å²) in [7, 11) is -8.08. The number of hydrogen-bond donors (Lipinski definition) is 0. The molecule has 0 saturated carbocycles. The van der Waals surface area contributed by atoms with Crippen LogP contribution in [0, 0.1) is 12.3 Å². The molecule has 0 aliphatic carbocycles. The van der Waals surface area contributed by atoms with Gasteiger partial charge in [-0.2, -0.15) is 0 Å². The number of ether oxygens (including phenoxy) is 2. The van der Waals surface area contributed by atoms with Crippen molar-refractivity contribution in [2.24, 2.45) is 5.41 Å². The summed E-state index contributed by atoms with van der Waals surface area (Å²) in [5, 5.41) is 0. The van der Waals surface area contributed by atoms with Crippen molar-refractivity contribution in [1.82, 2.24) is 9.13 Å². The number of aryl methyl sites for hydroxylation is 1. The molecule has 4 atom stereocenters. The number of aromatic nitrogens is 2. The Bertz CT molecular complexity index is 1310. The van der Waals surface area contributed by atoms with Gasteiger partial charge in [0.15, 0.2) is 21.3 Å². The number of carbonyl (C=O) groups is 1. The lowest BCUT2D eigenvalue weighted by molar-refractivity contribution is -0.157. The first kappa shape index (κ1) is 38.1. The molecule has 2 aliphatic rings. The molecule has 0 aromatic carbocycles. The van der Waals surface area contributed by atoms with E-state index in [2.05, 4.69) is 75.0 Å². The molecule has 2 saturated heterocycles. The van der Waals surface area contributed by atoms with Crippen LogP contribution >= 0.6 is 0 Å². The van der Waals surface area contributed by atoms with E-state index in [0.717, 1.165) is 4.57 Å². The Balaban J connectivity index is 2.21. The zero-order valence-corrected chi connectivity index (χ0v) is 33.2. The molecule has 0 amide bonds. The van der Waals surface area contributed by atoms with Gasteiger partial charge < -0.3 is 26.9 Å². The van der Waals surface area contributed by atoms with E-state index < -0.39 is 79.3 Å². The number of esters is 1. The van der Waals surface area contributed by atoms with Gasteiger partial charge in [-0.25, -0.2) is 9.36 Å². The number of rotatable bonds is 9. The zero-order valence-electron chi connectivity index (χ0n) is 30.2. The van der Waals surface area contributed by atoms with E-state index >= 15 is 0 Å². The number of hydrogen-bond acceptors (Lipinski definition) is 9. The van der Waals surface area contributed by atoms with Gasteiger partial charge in [-0.15, -0.1) is 0 Å². The normalized spacial score (nSPS) is 25.5. The highest BCUT2D eigenvalue weighted by Gasteiger charge is 2.62. The summed E-state index contributed by atoms with van der Waals surface area (Å²) in [6.45, 7) is 30.0. The van der Waals surface area contributed by atoms with Gasteiger partial charge >= 0.3 is 28.8 Å². The Morgan fingerprint density at radius 2 is 1.51 bits per heavy atom. The predicted octanol–water partition coefficient (Wildman–Crippen LogP) is 5.94. The van der Waals surface area contributed by atoms with Crippen LogP contribution in [-0.4, -0.2) is 65.5 Å². The second kappa shape index (κ2) is 13.6. The molecule has 1 aromatic heterocycles. The molecule has 3 heterocycles. The topological polar surface area (TPSA) is 116 Å². The summed E-state index contributed by atoms with van der Waals surface area (Å²) in [6.07, 6.45) is -1.20. The van der Waals surface area contributed by atoms with Crippen molar-refractivity contribution in [3.63, 3.8) is 0 Å². The van der Waals surface area contributed by atoms with Gasteiger partial charge in [0.1, 0.15) is 18.3 Å². The van der Waals surface area contributed by atoms with Crippen molar-refractivity contribution in [1.29, 1.82) is 0 Å². The highest BCUT2D eigenvalue weighted by molar-refractivity contribution is 6.84. The van der Waals surface area contributed by atoms with Gasteiger partial charge in [0.05, 0.1) is 12.0 Å². The lowest BCUT2D eigenvalue weighted by Crippen LogP contribution is -2.66. The number of fused-ring (bicyclic) bond motifs is 1. The molecular formula is C31H58N2O9Si3. The predicted molar refractivity (Wildman–Crippen MR) is 181 cm³/mol. The minimum absolute atomic E-state index is 0.0974. The van der Waals surface area contributed by atoms with E-state index in [1.54, 1.807) is 27.7 Å². The first-order valence-corrected chi connectivity index (χ1v) is 23.7. The summed E-state index contributed by atoms with van der Waals surface area (Å²) < 4.78 is 42.9. The average Bonchev–Trinajstić information content (AvgIpc) is 3.18. The number of carbonyl (C=O) groups excluding carboxylic acids is 1. The van der Waals surface area contributed by atoms with Crippen molar-refractivity contribution < 1.29 is 31.7 Å². The van der Waals surface area contributed by atoms with E-state index in [1.165, 1.54) is 10.8 Å². The van der Waals surface area contributed by atoms with Crippen LogP contribution < -0.4 is 11.2 Å². The highest BCUT2D eigenvalue weighted by Crippen LogP contribution is 2.49. The lowest BCUT2D eigenvalue weighted by atomic mass is 9.98. The third-order valence-electron chi connectivity index (χ3n) is 8.68. The van der Waals surface area contributed by atoms with Crippen LogP contribution in [0.3, 0.4) is 0 Å². The van der Waals surface area contributed by atoms with Crippen molar-refractivity contribution in [2.75, 3.05) is 6.61 Å². The maximum Gasteiger partial charge on any atom is 0.336 e. The Kier molecular flexibility index (Phi) is 11.5. The minimum atomic E-state index is -3.01. The SMILES string of the molecule is Cc1cn([C@@H]2OC3CO[Si](C(C)C)(C(C)C)O[Si](C(C)C)(C(C)C)O[C@@H]3[C@H]2O[Si](C)(C)C)c(=O)n(COC(=O)C(C)(C)C)c1=O. The second-order valence-corrected chi connectivity index (χ2v) is 29.2. The molecule has 14 heteroatoms. The molecule has 0 N–H and O–H groups in total. The van der Waals surface area contributed by atoms with E-state index in [4.69, 9.17) is 26.9 Å². The van der Waals surface area contributed by atoms with E-state index in [-0.39, 0.29) is 28.8 Å². The van der Waals surface area contributed by atoms with Gasteiger partial charge in [-0.1, -0.05) is 55.4 Å². The molecule has 1 unspecified atom stereocenters. The van der Waals surface area contributed by atoms with E-state index in [0.29, 0.717) is 5.56 Å². The van der Waals surface area contributed by atoms with E-state index in [1.807, 2.05) is 0 Å². The second-order valence-electron chi connectivity index (χ2n) is 15.9. The first-order chi connectivity index (χ1) is 20.5. The van der Waals surface area contributed by atoms with Gasteiger partial charge in [0.25, 0.3) is 5.56 Å². The van der Waals surface area contributed by atoms with Crippen LogP contribution in [0.25, 0.3) is 0 Å². The van der Waals surface area contributed by atoms with Crippen molar-refractivity contribution in [3.8, 4) is 0 Å². The maximum atomic E-state index is 14.0. The molecule has 0 spiro atoms. The molecule has 2 aliphatic heterocycles. The standard InChI is InChI=1S/C31H58N2O9Si3/c1-19(2)44(20(3)4)38-17-24-25(41-45(42-44,21(5)6)22(7)8)26(40-43(13,14)15)28(39-24)32-16-23(9)27(34)33(30(32)36)18-37-29(35)31(10,11)12/h16,19-22,24-26,28H,17-18H2,1-15H3/t24?,25-,26+,28+/m0/s1. The van der Waals surface area contributed by atoms with Crippen molar-refractivity contribution in [3.05, 3.63) is 32.6 Å². The molecule has 1 aromatic rings. The molecule has 2 fully saturated rings. The van der Waals surface area contributed by atoms with E-state index in [9.17, 15) is 14.4 Å². The summed E-state index contributed by atoms with van der Waals surface area (Å²) in [5.41, 5.74) is -1.15. The lowest BCUT2D eigenvalue weighted by Gasteiger charge is -2.51. The summed E-state index contributed by atoms with van der Waals surface area (Å²) in [6, 6.07) is 0. The summed E-state index contributed by atoms with van der Waals surface area (Å²) in [4.78, 5) is 39.7. The molecule has 258 valence electrons. The van der Waals surface area contributed by atoms with Crippen molar-refractivity contribution >= 4 is 31.4 Å². The quantitative estimate of drug-likeness (QED) is 0.230. The van der Waals surface area contributed by atoms with Crippen molar-refractivity contribution in [2.45, 2.75) is 156 Å². The average molecular weight is 687 g/mol. The fraction of sp³-hybridized carbons (Fsp3) is 0.839. The minimum Gasteiger partial charge on any atom is -0.443 e. The summed E-state index contributed by atoms with van der Waals surface area (Å²) >= 11 is 0. The van der Waals surface area contributed by atoms with Gasteiger partial charge in [-0.3, -0.25) is 14.2 Å². The highest BCUT2D eigenvalue weighted by atomic mass is 28.5. The molecule has 11 nitrogen and oxygen atoms in total. The Hall–Kier alpha value is -1.40. The molecule has 45 heavy (non-hydrogen) atoms. The molecule has 0 radical (unpaired) electrons. The molecule has 0 bridgehead atoms. The maximum absolute atomic E-state index is 14.0. The summed E-state index contributed by atoms with van der Waals surface area (Å²) in [5.74, 6) is -0.519. The Morgan fingerprint density at radius 3 is 1.98 bits per heavy atom. The Morgan fingerprint density at radius 1 is 0.978 bits per heavy atom. The third-order valence-corrected chi connectivity index (χ3v) is 19.9. The van der Waals surface area contributed by atoms with Crippen LogP contribution in [0.1, 0.15) is 88.0 Å². The Labute approximate surface area is 272 Å². The fourth-order valence-corrected chi connectivity index (χ4v) is 18.5. The van der Waals surface area contributed by atoms with Crippen LogP contribution in [0.4, 0.5) is 0 Å². The van der Waals surface area contributed by atoms with Gasteiger partial charge in [-0.05, 0) is 69.5 Å². The van der Waals surface area contributed by atoms with Gasteiger partial charge in [0.2, 0.25) is 0 Å². The van der Waals surface area contributed by atoms with Crippen LogP contribution in [0.5, 0.6) is 0 Å². The largest absolute Gasteiger partial charge is 0.443 e. The zero-order chi connectivity index (χ0) is 34.4. The van der Waals surface area contributed by atoms with Gasteiger partial charge in [0, 0.05) is 11.8 Å². The molecule has 3 rings (SSSR count). The third kappa shape index (κ3) is 7.68. The monoisotopic (exact) mass is 686 g/mol. The first-order valence-electron chi connectivity index (χ1n) is 16.3. The number of nitrogens with zero attached hydrogens (tertiary/aromatic N) is 2. The fourth-order valence-electron chi connectivity index (χ4n) is 6.27. The molecular weight excluding hydrogens is 629 g/mol. The van der Waals surface area contributed by atoms with Crippen LogP contribution in [0.15, 0.2) is 15.8 Å². The van der Waals surface area contributed by atoms with Crippen LogP contribution in [0.2, 0.25) is 41.8 Å². The van der Waals surface area contributed by atoms with Crippen LogP contribution in [-0.2, 0) is 38.4 Å². The smallest absolute Gasteiger partial charge is 0.336 e.